The zero-order valence-corrected chi connectivity index (χ0v) is 17.5. The van der Waals surface area contributed by atoms with Crippen LogP contribution >= 0.6 is 0 Å². The minimum Gasteiger partial charge on any atom is -0.493 e. The first-order valence-corrected chi connectivity index (χ1v) is 9.55. The second kappa shape index (κ2) is 10.0. The van der Waals surface area contributed by atoms with E-state index in [1.807, 2.05) is 18.2 Å². The number of methoxy groups -OCH3 is 3. The molecule has 2 heterocycles. The van der Waals surface area contributed by atoms with E-state index in [0.717, 1.165) is 49.9 Å². The molecule has 0 saturated carbocycles. The number of rotatable bonds is 7. The van der Waals surface area contributed by atoms with Gasteiger partial charge in [-0.15, -0.1) is 0 Å². The molecule has 29 heavy (non-hydrogen) atoms. The molecule has 158 valence electrons. The van der Waals surface area contributed by atoms with Crippen LogP contribution in [0.3, 0.4) is 0 Å². The molecule has 0 unspecified atom stereocenters. The van der Waals surface area contributed by atoms with Crippen molar-refractivity contribution in [3.8, 4) is 17.2 Å². The van der Waals surface area contributed by atoms with Gasteiger partial charge in [-0.3, -0.25) is 9.89 Å². The van der Waals surface area contributed by atoms with Gasteiger partial charge in [0, 0.05) is 57.9 Å². The van der Waals surface area contributed by atoms with Crippen molar-refractivity contribution in [2.75, 3.05) is 54.6 Å². The third kappa shape index (κ3) is 4.92. The maximum atomic E-state index is 5.57. The second-order valence-electron chi connectivity index (χ2n) is 6.65. The van der Waals surface area contributed by atoms with Crippen LogP contribution in [0.15, 0.2) is 34.0 Å². The monoisotopic (exact) mass is 403 g/mol. The van der Waals surface area contributed by atoms with Gasteiger partial charge in [-0.2, -0.15) is 0 Å². The zero-order valence-electron chi connectivity index (χ0n) is 17.5. The number of ether oxygens (including phenoxy) is 3. The van der Waals surface area contributed by atoms with Gasteiger partial charge in [0.25, 0.3) is 0 Å². The van der Waals surface area contributed by atoms with Crippen molar-refractivity contribution in [1.82, 2.24) is 20.3 Å². The van der Waals surface area contributed by atoms with Crippen molar-refractivity contribution in [3.63, 3.8) is 0 Å². The van der Waals surface area contributed by atoms with Crippen LogP contribution in [0.5, 0.6) is 17.2 Å². The van der Waals surface area contributed by atoms with Gasteiger partial charge in [0.1, 0.15) is 6.26 Å². The molecule has 0 aliphatic carbocycles. The first-order valence-electron chi connectivity index (χ1n) is 9.55. The fourth-order valence-corrected chi connectivity index (χ4v) is 3.47. The zero-order chi connectivity index (χ0) is 20.6. The fraction of sp³-hybridized carbons (Fsp3) is 0.500. The molecular weight excluding hydrogens is 374 g/mol. The summed E-state index contributed by atoms with van der Waals surface area (Å²) >= 11 is 0. The molecular formula is C20H29N5O4. The third-order valence-electron chi connectivity index (χ3n) is 4.98. The van der Waals surface area contributed by atoms with Gasteiger partial charge in [0.15, 0.2) is 17.5 Å². The van der Waals surface area contributed by atoms with E-state index in [4.69, 9.17) is 18.7 Å². The van der Waals surface area contributed by atoms with Gasteiger partial charge in [-0.25, -0.2) is 0 Å². The second-order valence-corrected chi connectivity index (χ2v) is 6.65. The molecule has 0 atom stereocenters. The fourth-order valence-electron chi connectivity index (χ4n) is 3.47. The van der Waals surface area contributed by atoms with Crippen molar-refractivity contribution in [2.45, 2.75) is 13.1 Å². The number of aliphatic imine (C=N–C) groups is 1. The van der Waals surface area contributed by atoms with Crippen LogP contribution in [0.4, 0.5) is 0 Å². The summed E-state index contributed by atoms with van der Waals surface area (Å²) in [7, 11) is 6.65. The van der Waals surface area contributed by atoms with Crippen LogP contribution < -0.4 is 19.5 Å². The van der Waals surface area contributed by atoms with Gasteiger partial charge in [0.05, 0.1) is 27.0 Å². The number of aromatic nitrogens is 1. The molecule has 1 aliphatic heterocycles. The Hall–Kier alpha value is -2.94. The van der Waals surface area contributed by atoms with E-state index in [2.05, 4.69) is 25.3 Å². The lowest BCUT2D eigenvalue weighted by Gasteiger charge is -2.36. The normalized spacial score (nSPS) is 15.3. The van der Waals surface area contributed by atoms with Crippen molar-refractivity contribution < 1.29 is 18.7 Å². The van der Waals surface area contributed by atoms with Gasteiger partial charge < -0.3 is 29.0 Å². The van der Waals surface area contributed by atoms with Gasteiger partial charge in [-0.05, 0) is 12.1 Å². The predicted molar refractivity (Wildman–Crippen MR) is 110 cm³/mol. The summed E-state index contributed by atoms with van der Waals surface area (Å²) in [5.41, 5.74) is 1.93. The average Bonchev–Trinajstić information content (AvgIpc) is 3.27. The van der Waals surface area contributed by atoms with Crippen molar-refractivity contribution in [3.05, 3.63) is 35.7 Å². The topological polar surface area (TPSA) is 84.6 Å². The van der Waals surface area contributed by atoms with Crippen LogP contribution in [0, 0.1) is 0 Å². The molecule has 0 amide bonds. The number of hydrogen-bond donors (Lipinski definition) is 1. The van der Waals surface area contributed by atoms with E-state index in [1.165, 1.54) is 0 Å². The molecule has 1 aliphatic rings. The molecule has 1 saturated heterocycles. The molecule has 1 aromatic heterocycles. The van der Waals surface area contributed by atoms with Crippen LogP contribution in [0.2, 0.25) is 0 Å². The lowest BCUT2D eigenvalue weighted by atomic mass is 10.1. The van der Waals surface area contributed by atoms with Gasteiger partial charge in [0.2, 0.25) is 5.75 Å². The number of nitrogens with zero attached hydrogens (tertiary/aromatic N) is 4. The molecule has 0 bridgehead atoms. The van der Waals surface area contributed by atoms with Crippen LogP contribution in [0.25, 0.3) is 0 Å². The highest BCUT2D eigenvalue weighted by Gasteiger charge is 2.21. The molecule has 9 heteroatoms. The highest BCUT2D eigenvalue weighted by molar-refractivity contribution is 5.80. The predicted octanol–water partition coefficient (Wildman–Crippen LogP) is 1.59. The molecule has 1 aromatic carbocycles. The third-order valence-corrected chi connectivity index (χ3v) is 4.98. The van der Waals surface area contributed by atoms with E-state index in [9.17, 15) is 0 Å². The maximum Gasteiger partial charge on any atom is 0.203 e. The largest absolute Gasteiger partial charge is 0.493 e. The Bertz CT molecular complexity index is 801. The summed E-state index contributed by atoms with van der Waals surface area (Å²) in [6, 6.07) is 5.75. The van der Waals surface area contributed by atoms with Gasteiger partial charge >= 0.3 is 0 Å². The van der Waals surface area contributed by atoms with E-state index < -0.39 is 0 Å². The number of guanidine groups is 1. The molecule has 2 aromatic rings. The number of piperazine rings is 1. The molecule has 9 nitrogen and oxygen atoms in total. The van der Waals surface area contributed by atoms with Crippen molar-refractivity contribution in [2.24, 2.45) is 4.99 Å². The molecule has 3 rings (SSSR count). The molecule has 1 N–H and O–H groups in total. The van der Waals surface area contributed by atoms with Crippen molar-refractivity contribution in [1.29, 1.82) is 0 Å². The molecule has 0 radical (unpaired) electrons. The Balaban J connectivity index is 1.59. The summed E-state index contributed by atoms with van der Waals surface area (Å²) in [6.07, 6.45) is 1.61. The van der Waals surface area contributed by atoms with E-state index >= 15 is 0 Å². The Labute approximate surface area is 171 Å². The van der Waals surface area contributed by atoms with Gasteiger partial charge in [-0.1, -0.05) is 5.16 Å². The number of hydrogen-bond acceptors (Lipinski definition) is 7. The Kier molecular flexibility index (Phi) is 7.18. The Morgan fingerprint density at radius 2 is 1.83 bits per heavy atom. The summed E-state index contributed by atoms with van der Waals surface area (Å²) in [4.78, 5) is 9.06. The number of nitrogens with one attached hydrogen (secondary N) is 1. The Morgan fingerprint density at radius 1 is 1.07 bits per heavy atom. The van der Waals surface area contributed by atoms with E-state index in [0.29, 0.717) is 23.8 Å². The summed E-state index contributed by atoms with van der Waals surface area (Å²) in [6.45, 7) is 5.02. The first kappa shape index (κ1) is 20.8. The summed E-state index contributed by atoms with van der Waals surface area (Å²) in [5, 5.41) is 7.42. The van der Waals surface area contributed by atoms with Crippen LogP contribution in [-0.4, -0.2) is 75.5 Å². The van der Waals surface area contributed by atoms with E-state index in [1.54, 1.807) is 34.6 Å². The Morgan fingerprint density at radius 3 is 2.41 bits per heavy atom. The SMILES string of the molecule is CN=C(NCc1ccc(OC)c(OC)c1OC)N1CCN(Cc2ccon2)CC1. The smallest absolute Gasteiger partial charge is 0.203 e. The summed E-state index contributed by atoms with van der Waals surface area (Å²) < 4.78 is 21.3. The summed E-state index contributed by atoms with van der Waals surface area (Å²) in [5.74, 6) is 2.75. The highest BCUT2D eigenvalue weighted by atomic mass is 16.5. The first-order chi connectivity index (χ1) is 14.2. The quantitative estimate of drug-likeness (QED) is 0.551. The lowest BCUT2D eigenvalue weighted by molar-refractivity contribution is 0.169. The van der Waals surface area contributed by atoms with E-state index in [-0.39, 0.29) is 0 Å². The van der Waals surface area contributed by atoms with Crippen LogP contribution in [-0.2, 0) is 13.1 Å². The standard InChI is InChI=1S/C20H29N5O4/c1-21-20(25-10-8-24(9-11-25)14-16-7-12-29-23-16)22-13-15-5-6-17(26-2)19(28-4)18(15)27-3/h5-7,12H,8-11,13-14H2,1-4H3,(H,21,22). The maximum absolute atomic E-state index is 5.57. The number of benzene rings is 1. The minimum atomic E-state index is 0.565. The highest BCUT2D eigenvalue weighted by Crippen LogP contribution is 2.39. The van der Waals surface area contributed by atoms with Crippen LogP contribution in [0.1, 0.15) is 11.3 Å². The lowest BCUT2D eigenvalue weighted by Crippen LogP contribution is -2.52. The van der Waals surface area contributed by atoms with Crippen molar-refractivity contribution >= 4 is 5.96 Å². The average molecular weight is 403 g/mol. The molecule has 0 spiro atoms. The minimum absolute atomic E-state index is 0.565. The molecule has 1 fully saturated rings.